The number of phosphoric acid groups is 1. The second kappa shape index (κ2) is 9.36. The van der Waals surface area contributed by atoms with E-state index in [-0.39, 0.29) is 51.4 Å². The van der Waals surface area contributed by atoms with Crippen LogP contribution in [-0.4, -0.2) is 14.7 Å². The van der Waals surface area contributed by atoms with Gasteiger partial charge < -0.3 is 14.7 Å². The van der Waals surface area contributed by atoms with Crippen molar-refractivity contribution < 1.29 is 70.6 Å². The van der Waals surface area contributed by atoms with Crippen molar-refractivity contribution in [1.29, 1.82) is 0 Å². The third-order valence-corrected chi connectivity index (χ3v) is 0. The number of rotatable bonds is 0. The zero-order chi connectivity index (χ0) is 7.21. The fourth-order valence-electron chi connectivity index (χ4n) is 0. The molecular formula is C3H8KO4P. The molecule has 0 aliphatic heterocycles. The summed E-state index contributed by atoms with van der Waals surface area (Å²) in [5.74, 6) is 0. The Kier molecular flexibility index (Phi) is 17.4. The van der Waals surface area contributed by atoms with E-state index in [0.29, 0.717) is 0 Å². The van der Waals surface area contributed by atoms with Crippen molar-refractivity contribution >= 4 is 7.82 Å². The Balaban J connectivity index is -0.0000000800. The molecule has 0 amide bonds. The molecule has 3 N–H and O–H groups in total. The predicted octanol–water partition coefficient (Wildman–Crippen LogP) is -2.92. The van der Waals surface area contributed by atoms with Crippen molar-refractivity contribution in [3.05, 3.63) is 19.6 Å². The van der Waals surface area contributed by atoms with Gasteiger partial charge in [-0.25, -0.2) is 24.1 Å². The van der Waals surface area contributed by atoms with E-state index in [2.05, 4.69) is 13.5 Å². The van der Waals surface area contributed by atoms with Crippen molar-refractivity contribution in [2.24, 2.45) is 0 Å². The zero-order valence-electron chi connectivity index (χ0n) is 5.19. The van der Waals surface area contributed by atoms with Crippen molar-refractivity contribution in [2.75, 3.05) is 0 Å². The maximum atomic E-state index is 8.88. The maximum Gasteiger partial charge on any atom is 1.00 e. The summed E-state index contributed by atoms with van der Waals surface area (Å²) >= 11 is 0. The second-order valence-electron chi connectivity index (χ2n) is 0.802. The Hall–Kier alpha value is 1.36. The van der Waals surface area contributed by atoms with Gasteiger partial charge in [0.15, 0.2) is 0 Å². The minimum atomic E-state index is -4.64. The second-order valence-corrected chi connectivity index (χ2v) is 1.83. The first kappa shape index (κ1) is 16.8. The Bertz CT molecular complexity index is 89.7. The average molecular weight is 178 g/mol. The molecule has 0 aliphatic carbocycles. The number of allylic oxidation sites excluding steroid dienone is 1. The molecule has 50 valence electrons. The van der Waals surface area contributed by atoms with Crippen LogP contribution in [0.3, 0.4) is 0 Å². The van der Waals surface area contributed by atoms with E-state index in [1.807, 2.05) is 0 Å². The normalized spacial score (nSPS) is 7.89. The predicted molar refractivity (Wildman–Crippen MR) is 29.8 cm³/mol. The molecule has 0 heterocycles. The Labute approximate surface area is 96.6 Å². The molecule has 0 aromatic carbocycles. The summed E-state index contributed by atoms with van der Waals surface area (Å²) in [5.41, 5.74) is 0. The van der Waals surface area contributed by atoms with Gasteiger partial charge in [0.05, 0.1) is 0 Å². The molecule has 0 saturated carbocycles. The van der Waals surface area contributed by atoms with Gasteiger partial charge in [0.1, 0.15) is 0 Å². The van der Waals surface area contributed by atoms with Crippen LogP contribution >= 0.6 is 7.82 Å². The van der Waals surface area contributed by atoms with Crippen LogP contribution in [0.2, 0.25) is 0 Å². The molecule has 0 bridgehead atoms. The summed E-state index contributed by atoms with van der Waals surface area (Å²) in [7, 11) is -4.64. The molecule has 0 spiro atoms. The molecule has 0 atom stereocenters. The summed E-state index contributed by atoms with van der Waals surface area (Å²) in [6.07, 6.45) is 1.50. The molecular weight excluding hydrogens is 170 g/mol. The summed E-state index contributed by atoms with van der Waals surface area (Å²) in [4.78, 5) is 21.6. The quantitative estimate of drug-likeness (QED) is 0.211. The topological polar surface area (TPSA) is 77.8 Å². The van der Waals surface area contributed by atoms with Crippen LogP contribution in [0.25, 0.3) is 0 Å². The van der Waals surface area contributed by atoms with E-state index >= 15 is 0 Å². The fourth-order valence-corrected chi connectivity index (χ4v) is 0. The van der Waals surface area contributed by atoms with Crippen LogP contribution in [-0.2, 0) is 4.57 Å². The fraction of sp³-hybridized carbons (Fsp3) is 0. The van der Waals surface area contributed by atoms with Gasteiger partial charge in [-0.2, -0.15) is 0 Å². The van der Waals surface area contributed by atoms with E-state index in [9.17, 15) is 0 Å². The molecule has 0 aromatic heterocycles. The molecule has 0 rings (SSSR count). The van der Waals surface area contributed by atoms with E-state index < -0.39 is 7.82 Å². The van der Waals surface area contributed by atoms with Crippen molar-refractivity contribution in [2.45, 2.75) is 0 Å². The van der Waals surface area contributed by atoms with Gasteiger partial charge in [-0.05, 0) is 0 Å². The first-order valence-electron chi connectivity index (χ1n) is 1.60. The Morgan fingerprint density at radius 3 is 1.44 bits per heavy atom. The van der Waals surface area contributed by atoms with Gasteiger partial charge in [0.2, 0.25) is 0 Å². The molecule has 0 aromatic rings. The summed E-state index contributed by atoms with van der Waals surface area (Å²) in [6, 6.07) is 0. The van der Waals surface area contributed by atoms with Gasteiger partial charge in [0.25, 0.3) is 0 Å². The number of hydrogen-bond donors (Lipinski definition) is 3. The van der Waals surface area contributed by atoms with Crippen LogP contribution in [0.1, 0.15) is 0 Å². The van der Waals surface area contributed by atoms with Crippen molar-refractivity contribution in [3.8, 4) is 0 Å². The number of hydrogen-bond acceptors (Lipinski definition) is 1. The first-order chi connectivity index (χ1) is 3.41. The monoisotopic (exact) mass is 178 g/mol. The summed E-state index contributed by atoms with van der Waals surface area (Å²) in [6.45, 7) is 6.50. The Morgan fingerprint density at radius 1 is 1.44 bits per heavy atom. The minimum Gasteiger partial charge on any atom is -0.303 e. The summed E-state index contributed by atoms with van der Waals surface area (Å²) < 4.78 is 8.88. The van der Waals surface area contributed by atoms with Gasteiger partial charge >= 0.3 is 59.2 Å². The molecule has 0 fully saturated rings. The smallest absolute Gasteiger partial charge is 0.303 e. The average Bonchev–Trinajstić information content (AvgIpc) is 1.27. The van der Waals surface area contributed by atoms with Crippen molar-refractivity contribution in [3.63, 3.8) is 0 Å². The minimum absolute atomic E-state index is 0. The molecule has 0 saturated heterocycles. The third kappa shape index (κ3) is 275. The molecule has 0 unspecified atom stereocenters. The van der Waals surface area contributed by atoms with Gasteiger partial charge in [-0.3, -0.25) is 0 Å². The molecule has 6 heteroatoms. The van der Waals surface area contributed by atoms with Crippen LogP contribution in [0.5, 0.6) is 0 Å². The zero-order valence-corrected chi connectivity index (χ0v) is 9.21. The standard InChI is InChI=1S/C3H5.K.H3O4P/c1-3-2;;1-5(2,3)4/h3H,1-2H2;;(H3,1,2,3,4)/q-1;+1;. The van der Waals surface area contributed by atoms with Crippen LogP contribution in [0.15, 0.2) is 12.7 Å². The van der Waals surface area contributed by atoms with E-state index in [0.717, 1.165) is 0 Å². The van der Waals surface area contributed by atoms with E-state index in [1.165, 1.54) is 6.08 Å². The van der Waals surface area contributed by atoms with Crippen LogP contribution < -0.4 is 51.4 Å². The van der Waals surface area contributed by atoms with Gasteiger partial charge in [-0.15, -0.1) is 0 Å². The molecule has 4 nitrogen and oxygen atoms in total. The van der Waals surface area contributed by atoms with Gasteiger partial charge in [-0.1, -0.05) is 0 Å². The molecule has 0 radical (unpaired) electrons. The van der Waals surface area contributed by atoms with E-state index in [1.54, 1.807) is 0 Å². The van der Waals surface area contributed by atoms with Crippen molar-refractivity contribution in [1.82, 2.24) is 0 Å². The molecule has 0 aliphatic rings. The van der Waals surface area contributed by atoms with Crippen LogP contribution in [0.4, 0.5) is 0 Å². The van der Waals surface area contributed by atoms with Gasteiger partial charge in [0, 0.05) is 0 Å². The van der Waals surface area contributed by atoms with E-state index in [4.69, 9.17) is 19.2 Å². The third-order valence-electron chi connectivity index (χ3n) is 0. The maximum absolute atomic E-state index is 8.88. The summed E-state index contributed by atoms with van der Waals surface area (Å²) in [5, 5.41) is 0. The SMILES string of the molecule is C=C[CH2-].O=P(O)(O)O.[K+]. The first-order valence-corrected chi connectivity index (χ1v) is 3.16. The van der Waals surface area contributed by atoms with Crippen LogP contribution in [0, 0.1) is 6.92 Å². The largest absolute Gasteiger partial charge is 1.00 e. The Morgan fingerprint density at radius 2 is 1.44 bits per heavy atom. The molecule has 9 heavy (non-hydrogen) atoms.